The second-order valence-corrected chi connectivity index (χ2v) is 6.75. The van der Waals surface area contributed by atoms with Crippen molar-refractivity contribution in [1.82, 2.24) is 0 Å². The smallest absolute Gasteiger partial charge is 0.459 e. The summed E-state index contributed by atoms with van der Waals surface area (Å²) in [5, 5.41) is 0. The van der Waals surface area contributed by atoms with Crippen LogP contribution < -0.4 is 0 Å². The molecule has 2 nitrogen and oxygen atoms in total. The van der Waals surface area contributed by atoms with Crippen LogP contribution in [-0.4, -0.2) is 36.0 Å². The van der Waals surface area contributed by atoms with Gasteiger partial charge in [0.2, 0.25) is 0 Å². The first-order valence-corrected chi connectivity index (χ1v) is 8.09. The van der Waals surface area contributed by atoms with Crippen LogP contribution in [0.4, 0.5) is 39.5 Å². The molecule has 0 aromatic rings. The van der Waals surface area contributed by atoms with Crippen molar-refractivity contribution in [3.8, 4) is 0 Å². The maximum atomic E-state index is 13.9. The molecule has 11 heteroatoms. The Morgan fingerprint density at radius 3 is 1.89 bits per heavy atom. The Kier molecular flexibility index (Phi) is 6.92. The highest BCUT2D eigenvalue weighted by Gasteiger charge is 2.81. The molecule has 0 saturated heterocycles. The van der Waals surface area contributed by atoms with E-state index in [1.54, 1.807) is 0 Å². The molecular weight excluding hydrogens is 395 g/mol. The van der Waals surface area contributed by atoms with Crippen molar-refractivity contribution in [1.29, 1.82) is 0 Å². The standard InChI is InChI=1S/C16H19F9O2/c1-9(2)12(26)27-11(7-10-5-3-4-6-10)8-13(17,18)14(19,20)15(21,22)16(23,24)25/h10-11H,1,3-8H2,2H3. The molecule has 0 aromatic heterocycles. The molecule has 0 aliphatic heterocycles. The number of ether oxygens (including phenoxy) is 1. The third-order valence-electron chi connectivity index (χ3n) is 4.39. The minimum Gasteiger partial charge on any atom is -0.459 e. The lowest BCUT2D eigenvalue weighted by Gasteiger charge is -2.35. The van der Waals surface area contributed by atoms with Crippen LogP contribution in [0.2, 0.25) is 0 Å². The number of halogens is 9. The summed E-state index contributed by atoms with van der Waals surface area (Å²) in [6.07, 6.45) is -8.89. The normalized spacial score (nSPS) is 18.4. The second-order valence-electron chi connectivity index (χ2n) is 6.75. The molecule has 0 aromatic carbocycles. The van der Waals surface area contributed by atoms with Crippen molar-refractivity contribution in [3.05, 3.63) is 12.2 Å². The van der Waals surface area contributed by atoms with Gasteiger partial charge in [-0.05, 0) is 19.3 Å². The molecule has 0 radical (unpaired) electrons. The molecule has 1 aliphatic carbocycles. The Morgan fingerprint density at radius 1 is 1.00 bits per heavy atom. The summed E-state index contributed by atoms with van der Waals surface area (Å²) in [7, 11) is 0. The van der Waals surface area contributed by atoms with Crippen molar-refractivity contribution in [2.45, 2.75) is 75.5 Å². The lowest BCUT2D eigenvalue weighted by Crippen LogP contribution is -2.61. The fraction of sp³-hybridized carbons (Fsp3) is 0.812. The maximum absolute atomic E-state index is 13.9. The van der Waals surface area contributed by atoms with Crippen LogP contribution in [0.1, 0.15) is 45.4 Å². The lowest BCUT2D eigenvalue weighted by atomic mass is 9.92. The van der Waals surface area contributed by atoms with Gasteiger partial charge in [0.15, 0.2) is 0 Å². The average Bonchev–Trinajstić information content (AvgIpc) is 2.97. The van der Waals surface area contributed by atoms with Gasteiger partial charge < -0.3 is 4.74 Å². The quantitative estimate of drug-likeness (QED) is 0.280. The van der Waals surface area contributed by atoms with E-state index in [9.17, 15) is 44.3 Å². The van der Waals surface area contributed by atoms with Gasteiger partial charge in [-0.2, -0.15) is 39.5 Å². The summed E-state index contributed by atoms with van der Waals surface area (Å²) in [6.45, 7) is 4.32. The average molecular weight is 414 g/mol. The van der Waals surface area contributed by atoms with Crippen molar-refractivity contribution in [3.63, 3.8) is 0 Å². The molecule has 1 aliphatic rings. The minimum absolute atomic E-state index is 0.262. The molecule has 158 valence electrons. The SMILES string of the molecule is C=C(C)C(=O)OC(CC1CCCC1)CC(F)(F)C(F)(F)C(F)(F)C(F)(F)F. The second kappa shape index (κ2) is 7.90. The highest BCUT2D eigenvalue weighted by molar-refractivity contribution is 5.87. The van der Waals surface area contributed by atoms with Crippen molar-refractivity contribution >= 4 is 5.97 Å². The Labute approximate surface area is 149 Å². The summed E-state index contributed by atoms with van der Waals surface area (Å²) in [4.78, 5) is 11.5. The largest absolute Gasteiger partial charge is 0.460 e. The van der Waals surface area contributed by atoms with Gasteiger partial charge in [-0.3, -0.25) is 0 Å². The minimum atomic E-state index is -6.96. The van der Waals surface area contributed by atoms with Crippen LogP contribution in [0.15, 0.2) is 12.2 Å². The third kappa shape index (κ3) is 5.10. The van der Waals surface area contributed by atoms with Gasteiger partial charge in [0.25, 0.3) is 0 Å². The van der Waals surface area contributed by atoms with Gasteiger partial charge in [-0.1, -0.05) is 32.3 Å². The first-order chi connectivity index (χ1) is 12.0. The molecule has 27 heavy (non-hydrogen) atoms. The van der Waals surface area contributed by atoms with Gasteiger partial charge in [0.1, 0.15) is 6.10 Å². The van der Waals surface area contributed by atoms with E-state index in [0.717, 1.165) is 6.92 Å². The zero-order valence-corrected chi connectivity index (χ0v) is 14.3. The molecule has 0 bridgehead atoms. The number of hydrogen-bond acceptors (Lipinski definition) is 2. The highest BCUT2D eigenvalue weighted by Crippen LogP contribution is 2.54. The van der Waals surface area contributed by atoms with Crippen LogP contribution in [0.3, 0.4) is 0 Å². The van der Waals surface area contributed by atoms with E-state index < -0.39 is 42.4 Å². The predicted octanol–water partition coefficient (Wildman–Crippen LogP) is 5.91. The summed E-state index contributed by atoms with van der Waals surface area (Å²) in [5.74, 6) is -21.0. The molecule has 0 N–H and O–H groups in total. The number of rotatable bonds is 8. The van der Waals surface area contributed by atoms with Crippen LogP contribution in [0, 0.1) is 5.92 Å². The van der Waals surface area contributed by atoms with Crippen molar-refractivity contribution < 1.29 is 49.0 Å². The fourth-order valence-corrected chi connectivity index (χ4v) is 2.86. The van der Waals surface area contributed by atoms with Crippen molar-refractivity contribution in [2.75, 3.05) is 0 Å². The monoisotopic (exact) mass is 414 g/mol. The van der Waals surface area contributed by atoms with Gasteiger partial charge >= 0.3 is 29.9 Å². The highest BCUT2D eigenvalue weighted by atomic mass is 19.4. The van der Waals surface area contributed by atoms with Gasteiger partial charge in [0.05, 0.1) is 6.42 Å². The van der Waals surface area contributed by atoms with Crippen LogP contribution in [-0.2, 0) is 9.53 Å². The number of hydrogen-bond donors (Lipinski definition) is 0. The Balaban J connectivity index is 3.07. The van der Waals surface area contributed by atoms with Crippen LogP contribution in [0.25, 0.3) is 0 Å². The van der Waals surface area contributed by atoms with Gasteiger partial charge in [-0.25, -0.2) is 4.79 Å². The molecule has 1 saturated carbocycles. The van der Waals surface area contributed by atoms with E-state index >= 15 is 0 Å². The summed E-state index contributed by atoms with van der Waals surface area (Å²) in [6, 6.07) is 0. The molecule has 0 amide bonds. The van der Waals surface area contributed by atoms with E-state index in [1.807, 2.05) is 0 Å². The number of esters is 1. The van der Waals surface area contributed by atoms with Crippen LogP contribution in [0.5, 0.6) is 0 Å². The molecule has 0 spiro atoms. The van der Waals surface area contributed by atoms with Crippen LogP contribution >= 0.6 is 0 Å². The first kappa shape index (κ1) is 23.6. The van der Waals surface area contributed by atoms with Gasteiger partial charge in [-0.15, -0.1) is 0 Å². The Bertz CT molecular complexity index is 549. The van der Waals surface area contributed by atoms with E-state index in [4.69, 9.17) is 0 Å². The number of carbonyl (C=O) groups excluding carboxylic acids is 1. The zero-order chi connectivity index (χ0) is 21.3. The molecule has 1 atom stereocenters. The topological polar surface area (TPSA) is 26.3 Å². The van der Waals surface area contributed by atoms with Gasteiger partial charge in [0, 0.05) is 5.57 Å². The predicted molar refractivity (Wildman–Crippen MR) is 76.8 cm³/mol. The molecule has 1 unspecified atom stereocenters. The third-order valence-corrected chi connectivity index (χ3v) is 4.39. The van der Waals surface area contributed by atoms with E-state index in [-0.39, 0.29) is 17.9 Å². The summed E-state index contributed by atoms with van der Waals surface area (Å²) in [5.41, 5.74) is -0.262. The number of alkyl halides is 9. The molecule has 1 fully saturated rings. The summed E-state index contributed by atoms with van der Waals surface area (Å²) >= 11 is 0. The Morgan fingerprint density at radius 2 is 1.48 bits per heavy atom. The fourth-order valence-electron chi connectivity index (χ4n) is 2.86. The van der Waals surface area contributed by atoms with Crippen molar-refractivity contribution in [2.24, 2.45) is 5.92 Å². The molecule has 0 heterocycles. The van der Waals surface area contributed by atoms with E-state index in [2.05, 4.69) is 11.3 Å². The van der Waals surface area contributed by atoms with E-state index in [1.165, 1.54) is 0 Å². The summed E-state index contributed by atoms with van der Waals surface area (Å²) < 4.78 is 122. The first-order valence-electron chi connectivity index (χ1n) is 8.09. The maximum Gasteiger partial charge on any atom is 0.460 e. The molecule has 1 rings (SSSR count). The number of carbonyl (C=O) groups is 1. The zero-order valence-electron chi connectivity index (χ0n) is 14.3. The van der Waals surface area contributed by atoms with E-state index in [0.29, 0.717) is 25.7 Å². The molecular formula is C16H19F9O2. The Hall–Kier alpha value is -1.42. The lowest BCUT2D eigenvalue weighted by molar-refractivity contribution is -0.398.